The summed E-state index contributed by atoms with van der Waals surface area (Å²) in [5.74, 6) is 1.01. The van der Waals surface area contributed by atoms with Crippen molar-refractivity contribution in [2.45, 2.75) is 25.8 Å². The summed E-state index contributed by atoms with van der Waals surface area (Å²) in [6, 6.07) is 11.5. The van der Waals surface area contributed by atoms with E-state index in [1.807, 2.05) is 11.0 Å². The van der Waals surface area contributed by atoms with Crippen molar-refractivity contribution in [3.8, 4) is 11.5 Å². The molecule has 2 aromatic carbocycles. The number of aryl methyl sites for hydroxylation is 1. The third-order valence-corrected chi connectivity index (χ3v) is 4.95. The summed E-state index contributed by atoms with van der Waals surface area (Å²) in [4.78, 5) is 14.8. The van der Waals surface area contributed by atoms with Crippen LogP contribution in [0.25, 0.3) is 0 Å². The van der Waals surface area contributed by atoms with Gasteiger partial charge in [0.1, 0.15) is 11.5 Å². The Morgan fingerprint density at radius 3 is 2.65 bits per heavy atom. The van der Waals surface area contributed by atoms with Crippen LogP contribution >= 0.6 is 11.6 Å². The summed E-state index contributed by atoms with van der Waals surface area (Å²) < 4.78 is 10.6. The molecule has 1 atom stereocenters. The number of nitrogens with zero attached hydrogens (tertiary/aromatic N) is 1. The number of hydrogen-bond acceptors (Lipinski definition) is 3. The number of carbonyl (C=O) groups is 1. The number of nitrogens with one attached hydrogen (secondary N) is 1. The van der Waals surface area contributed by atoms with E-state index in [1.165, 1.54) is 12.7 Å². The molecule has 0 aliphatic carbocycles. The smallest absolute Gasteiger partial charge is 0.322 e. The fourth-order valence-electron chi connectivity index (χ4n) is 3.38. The zero-order chi connectivity index (χ0) is 18.7. The highest BCUT2D eigenvalue weighted by molar-refractivity contribution is 6.32. The Balaban J connectivity index is 1.82. The normalized spacial score (nSPS) is 16.5. The predicted molar refractivity (Wildman–Crippen MR) is 103 cm³/mol. The molecule has 1 fully saturated rings. The molecule has 1 heterocycles. The van der Waals surface area contributed by atoms with Crippen molar-refractivity contribution in [1.29, 1.82) is 0 Å². The Hall–Kier alpha value is -2.40. The summed E-state index contributed by atoms with van der Waals surface area (Å²) in [5, 5.41) is 3.35. The predicted octanol–water partition coefficient (Wildman–Crippen LogP) is 5.03. The van der Waals surface area contributed by atoms with E-state index in [1.54, 1.807) is 19.2 Å². The number of carbonyl (C=O) groups excluding carboxylic acids is 1. The maximum Gasteiger partial charge on any atom is 0.322 e. The van der Waals surface area contributed by atoms with E-state index in [0.717, 1.165) is 24.9 Å². The van der Waals surface area contributed by atoms with Crippen molar-refractivity contribution < 1.29 is 14.3 Å². The number of methoxy groups -OCH3 is 2. The number of anilines is 1. The lowest BCUT2D eigenvalue weighted by molar-refractivity contribution is 0.207. The number of urea groups is 1. The molecule has 1 N–H and O–H groups in total. The van der Waals surface area contributed by atoms with Gasteiger partial charge in [0, 0.05) is 12.6 Å². The first-order valence-electron chi connectivity index (χ1n) is 8.59. The lowest BCUT2D eigenvalue weighted by Crippen LogP contribution is -2.34. The number of rotatable bonds is 4. The molecule has 1 aliphatic heterocycles. The molecule has 0 unspecified atom stereocenters. The molecular formula is C20H23ClN2O3. The Morgan fingerprint density at radius 2 is 1.96 bits per heavy atom. The summed E-state index contributed by atoms with van der Waals surface area (Å²) in [5.41, 5.74) is 2.88. The van der Waals surface area contributed by atoms with Gasteiger partial charge in [-0.2, -0.15) is 0 Å². The standard InChI is InChI=1S/C20H23ClN2O3/c1-13-6-4-7-14(10-13)17-8-5-9-23(17)20(24)22-16-11-15(21)18(25-2)12-19(16)26-3/h4,6-7,10-12,17H,5,8-9H2,1-3H3,(H,22,24)/t17-/m1/s1. The van der Waals surface area contributed by atoms with Gasteiger partial charge in [0.2, 0.25) is 0 Å². The number of amides is 2. The Morgan fingerprint density at radius 1 is 1.19 bits per heavy atom. The minimum absolute atomic E-state index is 0.0783. The lowest BCUT2D eigenvalue weighted by Gasteiger charge is -2.26. The Kier molecular flexibility index (Phi) is 5.57. The van der Waals surface area contributed by atoms with Gasteiger partial charge in [0.05, 0.1) is 31.0 Å². The molecule has 26 heavy (non-hydrogen) atoms. The lowest BCUT2D eigenvalue weighted by atomic mass is 10.0. The number of halogens is 1. The third kappa shape index (κ3) is 3.73. The van der Waals surface area contributed by atoms with Gasteiger partial charge >= 0.3 is 6.03 Å². The maximum atomic E-state index is 12.9. The highest BCUT2D eigenvalue weighted by Gasteiger charge is 2.30. The fourth-order valence-corrected chi connectivity index (χ4v) is 3.62. The molecule has 0 bridgehead atoms. The number of hydrogen-bond donors (Lipinski definition) is 1. The van der Waals surface area contributed by atoms with Gasteiger partial charge in [-0.25, -0.2) is 4.79 Å². The minimum atomic E-state index is -0.159. The van der Waals surface area contributed by atoms with Gasteiger partial charge in [-0.1, -0.05) is 41.4 Å². The van der Waals surface area contributed by atoms with Gasteiger partial charge in [-0.3, -0.25) is 0 Å². The number of likely N-dealkylation sites (tertiary alicyclic amines) is 1. The molecule has 5 nitrogen and oxygen atoms in total. The molecule has 0 aromatic heterocycles. The average Bonchev–Trinajstić information content (AvgIpc) is 3.12. The van der Waals surface area contributed by atoms with E-state index in [-0.39, 0.29) is 12.1 Å². The molecular weight excluding hydrogens is 352 g/mol. The van der Waals surface area contributed by atoms with Crippen molar-refractivity contribution in [1.82, 2.24) is 4.90 Å². The van der Waals surface area contributed by atoms with Crippen molar-refractivity contribution in [2.75, 3.05) is 26.1 Å². The van der Waals surface area contributed by atoms with Gasteiger partial charge in [-0.05, 0) is 31.4 Å². The molecule has 3 rings (SSSR count). The van der Waals surface area contributed by atoms with Crippen molar-refractivity contribution in [3.63, 3.8) is 0 Å². The van der Waals surface area contributed by atoms with Crippen LogP contribution in [-0.2, 0) is 0 Å². The Labute approximate surface area is 158 Å². The van der Waals surface area contributed by atoms with E-state index >= 15 is 0 Å². The van der Waals surface area contributed by atoms with Crippen molar-refractivity contribution >= 4 is 23.3 Å². The van der Waals surface area contributed by atoms with Crippen molar-refractivity contribution in [3.05, 3.63) is 52.5 Å². The molecule has 0 saturated carbocycles. The molecule has 1 aliphatic rings. The second-order valence-corrected chi connectivity index (χ2v) is 6.79. The summed E-state index contributed by atoms with van der Waals surface area (Å²) >= 11 is 6.20. The number of benzene rings is 2. The van der Waals surface area contributed by atoms with E-state index in [4.69, 9.17) is 21.1 Å². The van der Waals surface area contributed by atoms with E-state index < -0.39 is 0 Å². The van der Waals surface area contributed by atoms with Crippen LogP contribution in [-0.4, -0.2) is 31.7 Å². The minimum Gasteiger partial charge on any atom is -0.495 e. The monoisotopic (exact) mass is 374 g/mol. The summed E-state index contributed by atoms with van der Waals surface area (Å²) in [6.07, 6.45) is 1.93. The van der Waals surface area contributed by atoms with Gasteiger partial charge in [0.15, 0.2) is 0 Å². The van der Waals surface area contributed by atoms with Crippen LogP contribution in [0.2, 0.25) is 5.02 Å². The summed E-state index contributed by atoms with van der Waals surface area (Å²) in [7, 11) is 3.08. The van der Waals surface area contributed by atoms with E-state index in [9.17, 15) is 4.79 Å². The van der Waals surface area contributed by atoms with Crippen LogP contribution in [0.4, 0.5) is 10.5 Å². The number of ether oxygens (including phenoxy) is 2. The first kappa shape index (κ1) is 18.4. The topological polar surface area (TPSA) is 50.8 Å². The molecule has 138 valence electrons. The zero-order valence-electron chi connectivity index (χ0n) is 15.2. The van der Waals surface area contributed by atoms with Crippen LogP contribution in [0.1, 0.15) is 30.0 Å². The average molecular weight is 375 g/mol. The van der Waals surface area contributed by atoms with Crippen molar-refractivity contribution in [2.24, 2.45) is 0 Å². The van der Waals surface area contributed by atoms with Crippen LogP contribution in [0, 0.1) is 6.92 Å². The van der Waals surface area contributed by atoms with Gasteiger partial charge < -0.3 is 19.7 Å². The van der Waals surface area contributed by atoms with E-state index in [0.29, 0.717) is 22.2 Å². The van der Waals surface area contributed by atoms with E-state index in [2.05, 4.69) is 30.4 Å². The molecule has 0 radical (unpaired) electrons. The molecule has 1 saturated heterocycles. The van der Waals surface area contributed by atoms with Crippen LogP contribution in [0.5, 0.6) is 11.5 Å². The molecule has 6 heteroatoms. The second kappa shape index (κ2) is 7.87. The fraction of sp³-hybridized carbons (Fsp3) is 0.350. The maximum absolute atomic E-state index is 12.9. The Bertz CT molecular complexity index is 810. The first-order chi connectivity index (χ1) is 12.5. The first-order valence-corrected chi connectivity index (χ1v) is 8.97. The quantitative estimate of drug-likeness (QED) is 0.816. The highest BCUT2D eigenvalue weighted by Crippen LogP contribution is 2.37. The largest absolute Gasteiger partial charge is 0.495 e. The molecule has 0 spiro atoms. The van der Waals surface area contributed by atoms with Crippen LogP contribution in [0.15, 0.2) is 36.4 Å². The zero-order valence-corrected chi connectivity index (χ0v) is 16.0. The second-order valence-electron chi connectivity index (χ2n) is 6.38. The van der Waals surface area contributed by atoms with Gasteiger partial charge in [-0.15, -0.1) is 0 Å². The molecule has 2 aromatic rings. The SMILES string of the molecule is COc1cc(OC)c(NC(=O)N2CCC[C@@H]2c2cccc(C)c2)cc1Cl. The highest BCUT2D eigenvalue weighted by atomic mass is 35.5. The van der Waals surface area contributed by atoms with Crippen LogP contribution < -0.4 is 14.8 Å². The third-order valence-electron chi connectivity index (χ3n) is 4.66. The van der Waals surface area contributed by atoms with Crippen LogP contribution in [0.3, 0.4) is 0 Å². The van der Waals surface area contributed by atoms with Gasteiger partial charge in [0.25, 0.3) is 0 Å². The molecule has 2 amide bonds. The summed E-state index contributed by atoms with van der Waals surface area (Å²) in [6.45, 7) is 2.78.